The van der Waals surface area contributed by atoms with Crippen LogP contribution in [0, 0.1) is 17.2 Å². The third-order valence-corrected chi connectivity index (χ3v) is 3.89. The molecular formula is C10H16Cl2N2. The fourth-order valence-corrected chi connectivity index (χ4v) is 3.21. The van der Waals surface area contributed by atoms with Gasteiger partial charge in [-0.05, 0) is 12.3 Å². The lowest BCUT2D eigenvalue weighted by Crippen LogP contribution is -2.34. The monoisotopic (exact) mass is 234 g/mol. The highest BCUT2D eigenvalue weighted by Gasteiger charge is 2.66. The molecule has 2 nitrogen and oxygen atoms in total. The number of hydrogen-bond donors (Lipinski definition) is 2. The van der Waals surface area contributed by atoms with Crippen molar-refractivity contribution >= 4 is 29.8 Å². The standard InChI is InChI=1S/C10H15ClN2.ClH/c1-3-4-10(11)8-6(2)5-7(12)13-9(8)10;/h3,6,8-9H,1,4-5H2,2H3,(H2,12,13);1H. The molecule has 0 amide bonds. The summed E-state index contributed by atoms with van der Waals surface area (Å²) in [5, 5.41) is 10.8. The van der Waals surface area contributed by atoms with Gasteiger partial charge in [0, 0.05) is 12.3 Å². The third kappa shape index (κ3) is 1.55. The van der Waals surface area contributed by atoms with Crippen molar-refractivity contribution in [1.82, 2.24) is 5.32 Å². The lowest BCUT2D eigenvalue weighted by molar-refractivity contribution is 0.463. The van der Waals surface area contributed by atoms with Crippen LogP contribution in [0.25, 0.3) is 0 Å². The van der Waals surface area contributed by atoms with Gasteiger partial charge in [0.15, 0.2) is 0 Å². The molecule has 0 spiro atoms. The first-order valence-corrected chi connectivity index (χ1v) is 5.11. The van der Waals surface area contributed by atoms with Crippen molar-refractivity contribution in [3.05, 3.63) is 12.7 Å². The zero-order valence-corrected chi connectivity index (χ0v) is 9.79. The van der Waals surface area contributed by atoms with Crippen LogP contribution in [0.1, 0.15) is 19.8 Å². The fraction of sp³-hybridized carbons (Fsp3) is 0.700. The number of allylic oxidation sites excluding steroid dienone is 1. The number of halogens is 2. The van der Waals surface area contributed by atoms with E-state index in [4.69, 9.17) is 17.0 Å². The van der Waals surface area contributed by atoms with Crippen LogP contribution in [0.2, 0.25) is 0 Å². The molecule has 1 saturated heterocycles. The van der Waals surface area contributed by atoms with Crippen molar-refractivity contribution in [3.8, 4) is 0 Å². The molecule has 4 heteroatoms. The fourth-order valence-electron chi connectivity index (χ4n) is 2.63. The quantitative estimate of drug-likeness (QED) is 0.560. The van der Waals surface area contributed by atoms with E-state index in [9.17, 15) is 0 Å². The van der Waals surface area contributed by atoms with Crippen LogP contribution in [-0.2, 0) is 0 Å². The van der Waals surface area contributed by atoms with Crippen LogP contribution in [0.4, 0.5) is 0 Å². The number of nitrogens with one attached hydrogen (secondary N) is 2. The molecule has 2 rings (SSSR count). The lowest BCUT2D eigenvalue weighted by atomic mass is 9.97. The van der Waals surface area contributed by atoms with E-state index in [1.54, 1.807) is 0 Å². The minimum absolute atomic E-state index is 0. The van der Waals surface area contributed by atoms with Crippen molar-refractivity contribution in [2.75, 3.05) is 0 Å². The SMILES string of the molecule is C=CCC1(Cl)C2NC(=N)CC(C)C21.Cl. The summed E-state index contributed by atoms with van der Waals surface area (Å²) in [6, 6.07) is 0.309. The van der Waals surface area contributed by atoms with Crippen LogP contribution in [-0.4, -0.2) is 16.8 Å². The molecule has 4 atom stereocenters. The second-order valence-corrected chi connectivity index (χ2v) is 4.93. The minimum atomic E-state index is -0.149. The van der Waals surface area contributed by atoms with Gasteiger partial charge in [-0.15, -0.1) is 30.6 Å². The molecule has 2 aliphatic rings. The van der Waals surface area contributed by atoms with Crippen molar-refractivity contribution in [2.45, 2.75) is 30.7 Å². The molecule has 0 radical (unpaired) electrons. The molecule has 1 aliphatic heterocycles. The van der Waals surface area contributed by atoms with E-state index >= 15 is 0 Å². The maximum absolute atomic E-state index is 7.59. The Morgan fingerprint density at radius 2 is 2.43 bits per heavy atom. The molecule has 80 valence electrons. The zero-order chi connectivity index (χ0) is 9.64. The lowest BCUT2D eigenvalue weighted by Gasteiger charge is -2.18. The predicted molar refractivity (Wildman–Crippen MR) is 62.6 cm³/mol. The summed E-state index contributed by atoms with van der Waals surface area (Å²) in [6.07, 6.45) is 3.56. The maximum Gasteiger partial charge on any atom is 0.0937 e. The zero-order valence-electron chi connectivity index (χ0n) is 8.22. The van der Waals surface area contributed by atoms with E-state index in [1.165, 1.54) is 0 Å². The molecule has 2 fully saturated rings. The Morgan fingerprint density at radius 1 is 1.79 bits per heavy atom. The molecule has 1 saturated carbocycles. The maximum atomic E-state index is 7.59. The number of hydrogen-bond acceptors (Lipinski definition) is 1. The minimum Gasteiger partial charge on any atom is -0.369 e. The number of alkyl halides is 1. The molecule has 1 heterocycles. The smallest absolute Gasteiger partial charge is 0.0937 e. The van der Waals surface area contributed by atoms with Crippen LogP contribution < -0.4 is 5.32 Å². The molecule has 0 aromatic heterocycles. The van der Waals surface area contributed by atoms with Gasteiger partial charge < -0.3 is 5.32 Å². The number of amidine groups is 1. The Bertz CT molecular complexity index is 267. The molecule has 0 bridgehead atoms. The topological polar surface area (TPSA) is 35.9 Å². The summed E-state index contributed by atoms with van der Waals surface area (Å²) in [5.41, 5.74) is 0. The summed E-state index contributed by atoms with van der Waals surface area (Å²) in [6.45, 7) is 5.90. The van der Waals surface area contributed by atoms with E-state index in [2.05, 4.69) is 18.8 Å². The largest absolute Gasteiger partial charge is 0.369 e. The van der Waals surface area contributed by atoms with Crippen LogP contribution in [0.5, 0.6) is 0 Å². The normalized spacial score (nSPS) is 44.4. The molecule has 2 N–H and O–H groups in total. The summed E-state index contributed by atoms with van der Waals surface area (Å²) < 4.78 is 0. The van der Waals surface area contributed by atoms with Gasteiger partial charge in [0.25, 0.3) is 0 Å². The molecule has 1 aliphatic carbocycles. The van der Waals surface area contributed by atoms with E-state index in [1.807, 2.05) is 6.08 Å². The van der Waals surface area contributed by atoms with Gasteiger partial charge in [0.1, 0.15) is 0 Å². The first-order chi connectivity index (χ1) is 6.09. The summed E-state index contributed by atoms with van der Waals surface area (Å²) in [4.78, 5) is -0.149. The average molecular weight is 235 g/mol. The average Bonchev–Trinajstić information content (AvgIpc) is 2.56. The Kier molecular flexibility index (Phi) is 3.17. The first-order valence-electron chi connectivity index (χ1n) is 4.73. The highest BCUT2D eigenvalue weighted by molar-refractivity contribution is 6.27. The van der Waals surface area contributed by atoms with E-state index in [-0.39, 0.29) is 17.3 Å². The van der Waals surface area contributed by atoms with E-state index in [0.717, 1.165) is 12.8 Å². The third-order valence-electron chi connectivity index (χ3n) is 3.25. The van der Waals surface area contributed by atoms with Crippen molar-refractivity contribution in [3.63, 3.8) is 0 Å². The van der Waals surface area contributed by atoms with Crippen molar-refractivity contribution in [2.24, 2.45) is 11.8 Å². The molecule has 4 unspecified atom stereocenters. The highest BCUT2D eigenvalue weighted by atomic mass is 35.5. The molecule has 0 aromatic carbocycles. The van der Waals surface area contributed by atoms with Crippen molar-refractivity contribution in [1.29, 1.82) is 5.41 Å². The van der Waals surface area contributed by atoms with Gasteiger partial charge in [-0.2, -0.15) is 0 Å². The first kappa shape index (κ1) is 11.9. The molecular weight excluding hydrogens is 219 g/mol. The van der Waals surface area contributed by atoms with Gasteiger partial charge in [0.2, 0.25) is 0 Å². The molecule has 14 heavy (non-hydrogen) atoms. The van der Waals surface area contributed by atoms with E-state index < -0.39 is 0 Å². The summed E-state index contributed by atoms with van der Waals surface area (Å²) >= 11 is 6.45. The van der Waals surface area contributed by atoms with Gasteiger partial charge >= 0.3 is 0 Å². The summed E-state index contributed by atoms with van der Waals surface area (Å²) in [7, 11) is 0. The predicted octanol–water partition coefficient (Wildman–Crippen LogP) is 2.57. The van der Waals surface area contributed by atoms with Crippen LogP contribution in [0.3, 0.4) is 0 Å². The van der Waals surface area contributed by atoms with Crippen LogP contribution in [0.15, 0.2) is 12.7 Å². The Hall–Kier alpha value is -0.210. The summed E-state index contributed by atoms with van der Waals surface area (Å²) in [5.74, 6) is 1.71. The van der Waals surface area contributed by atoms with Crippen LogP contribution >= 0.6 is 24.0 Å². The number of fused-ring (bicyclic) bond motifs is 1. The molecule has 0 aromatic rings. The number of piperidine rings is 1. The second kappa shape index (κ2) is 3.74. The highest BCUT2D eigenvalue weighted by Crippen LogP contribution is 2.58. The van der Waals surface area contributed by atoms with Gasteiger partial charge in [-0.3, -0.25) is 5.41 Å². The Labute approximate surface area is 96.0 Å². The van der Waals surface area contributed by atoms with E-state index in [0.29, 0.717) is 23.7 Å². The Morgan fingerprint density at radius 3 is 3.00 bits per heavy atom. The second-order valence-electron chi connectivity index (χ2n) is 4.23. The van der Waals surface area contributed by atoms with Gasteiger partial charge in [-0.25, -0.2) is 0 Å². The van der Waals surface area contributed by atoms with Gasteiger partial charge in [-0.1, -0.05) is 13.0 Å². The number of rotatable bonds is 2. The van der Waals surface area contributed by atoms with Gasteiger partial charge in [0.05, 0.1) is 16.8 Å². The van der Waals surface area contributed by atoms with Crippen molar-refractivity contribution < 1.29 is 0 Å². The Balaban J connectivity index is 0.000000980.